The highest BCUT2D eigenvalue weighted by Gasteiger charge is 2.14. The lowest BCUT2D eigenvalue weighted by molar-refractivity contribution is 0.541. The molecule has 108 valence electrons. The monoisotopic (exact) mass is 291 g/mol. The summed E-state index contributed by atoms with van der Waals surface area (Å²) >= 11 is 6.24. The van der Waals surface area contributed by atoms with Gasteiger partial charge in [-0.25, -0.2) is 0 Å². The Bertz CT molecular complexity index is 589. The summed E-state index contributed by atoms with van der Waals surface area (Å²) in [5, 5.41) is 8.70. The summed E-state index contributed by atoms with van der Waals surface area (Å²) in [7, 11) is 1.98. The number of nitrogens with one attached hydrogen (secondary N) is 1. The van der Waals surface area contributed by atoms with Gasteiger partial charge in [-0.15, -0.1) is 0 Å². The van der Waals surface area contributed by atoms with E-state index in [9.17, 15) is 0 Å². The summed E-state index contributed by atoms with van der Waals surface area (Å²) in [5.74, 6) is 0. The van der Waals surface area contributed by atoms with Crippen molar-refractivity contribution in [1.82, 2.24) is 15.1 Å². The van der Waals surface area contributed by atoms with E-state index in [1.165, 1.54) is 11.3 Å². The zero-order valence-electron chi connectivity index (χ0n) is 12.6. The van der Waals surface area contributed by atoms with Crippen LogP contribution in [0.2, 0.25) is 5.02 Å². The minimum absolute atomic E-state index is 0.245. The standard InChI is InChI=1S/C16H22ClN3/c1-5-20-14(8-12(3)19-20)10-16(18-4)13-7-6-11(2)15(17)9-13/h6-9,16,18H,5,10H2,1-4H3. The van der Waals surface area contributed by atoms with Crippen LogP contribution in [0, 0.1) is 13.8 Å². The largest absolute Gasteiger partial charge is 0.313 e. The summed E-state index contributed by atoms with van der Waals surface area (Å²) in [6.07, 6.45) is 0.907. The van der Waals surface area contributed by atoms with E-state index < -0.39 is 0 Å². The average Bonchev–Trinajstić information content (AvgIpc) is 2.79. The van der Waals surface area contributed by atoms with Gasteiger partial charge in [0.05, 0.1) is 5.69 Å². The molecule has 1 heterocycles. The van der Waals surface area contributed by atoms with Crippen LogP contribution in [0.4, 0.5) is 0 Å². The average molecular weight is 292 g/mol. The fourth-order valence-corrected chi connectivity index (χ4v) is 2.65. The molecule has 2 rings (SSSR count). The molecule has 1 atom stereocenters. The topological polar surface area (TPSA) is 29.9 Å². The first-order valence-corrected chi connectivity index (χ1v) is 7.39. The van der Waals surface area contributed by atoms with E-state index in [2.05, 4.69) is 46.3 Å². The van der Waals surface area contributed by atoms with Crippen molar-refractivity contribution in [3.05, 3.63) is 51.8 Å². The van der Waals surface area contributed by atoms with Crippen LogP contribution in [-0.4, -0.2) is 16.8 Å². The van der Waals surface area contributed by atoms with Crippen molar-refractivity contribution in [2.45, 2.75) is 39.8 Å². The maximum absolute atomic E-state index is 6.24. The Morgan fingerprint density at radius 1 is 1.30 bits per heavy atom. The fourth-order valence-electron chi connectivity index (χ4n) is 2.46. The molecule has 0 bridgehead atoms. The lowest BCUT2D eigenvalue weighted by atomic mass is 10.0. The molecule has 0 saturated carbocycles. The molecule has 0 aliphatic rings. The molecule has 1 aromatic heterocycles. The van der Waals surface area contributed by atoms with E-state index >= 15 is 0 Å². The van der Waals surface area contributed by atoms with Crippen LogP contribution >= 0.6 is 11.6 Å². The van der Waals surface area contributed by atoms with Crippen LogP contribution in [0.15, 0.2) is 24.3 Å². The van der Waals surface area contributed by atoms with Gasteiger partial charge in [-0.2, -0.15) is 5.10 Å². The Morgan fingerprint density at radius 3 is 2.65 bits per heavy atom. The van der Waals surface area contributed by atoms with Crippen molar-refractivity contribution in [2.75, 3.05) is 7.05 Å². The van der Waals surface area contributed by atoms with Crippen LogP contribution in [0.3, 0.4) is 0 Å². The summed E-state index contributed by atoms with van der Waals surface area (Å²) in [6, 6.07) is 8.67. The second kappa shape index (κ2) is 6.42. The zero-order chi connectivity index (χ0) is 14.7. The molecule has 0 fully saturated rings. The summed E-state index contributed by atoms with van der Waals surface area (Å²) < 4.78 is 2.06. The van der Waals surface area contributed by atoms with Gasteiger partial charge in [-0.3, -0.25) is 4.68 Å². The number of likely N-dealkylation sites (N-methyl/N-ethyl adjacent to an activating group) is 1. The summed E-state index contributed by atoms with van der Waals surface area (Å²) in [6.45, 7) is 7.07. The van der Waals surface area contributed by atoms with Gasteiger partial charge in [-0.05, 0) is 51.1 Å². The number of halogens is 1. The Kier molecular flexibility index (Phi) is 4.84. The molecule has 1 unspecified atom stereocenters. The van der Waals surface area contributed by atoms with Crippen molar-refractivity contribution in [3.8, 4) is 0 Å². The van der Waals surface area contributed by atoms with Gasteiger partial charge in [0.1, 0.15) is 0 Å². The van der Waals surface area contributed by atoms with Gasteiger partial charge in [0.25, 0.3) is 0 Å². The van der Waals surface area contributed by atoms with Gasteiger partial charge >= 0.3 is 0 Å². The number of hydrogen-bond donors (Lipinski definition) is 1. The van der Waals surface area contributed by atoms with Crippen LogP contribution in [-0.2, 0) is 13.0 Å². The molecule has 0 aliphatic carbocycles. The number of rotatable bonds is 5. The Morgan fingerprint density at radius 2 is 2.05 bits per heavy atom. The van der Waals surface area contributed by atoms with E-state index in [0.717, 1.165) is 29.2 Å². The molecule has 0 saturated heterocycles. The van der Waals surface area contributed by atoms with Crippen molar-refractivity contribution >= 4 is 11.6 Å². The minimum atomic E-state index is 0.245. The van der Waals surface area contributed by atoms with Gasteiger partial charge < -0.3 is 5.32 Å². The first kappa shape index (κ1) is 15.1. The number of aryl methyl sites for hydroxylation is 3. The molecule has 20 heavy (non-hydrogen) atoms. The first-order chi connectivity index (χ1) is 9.55. The maximum atomic E-state index is 6.24. The van der Waals surface area contributed by atoms with Crippen molar-refractivity contribution in [1.29, 1.82) is 0 Å². The molecule has 1 N–H and O–H groups in total. The molecule has 0 spiro atoms. The van der Waals surface area contributed by atoms with E-state index in [-0.39, 0.29) is 6.04 Å². The molecule has 0 amide bonds. The zero-order valence-corrected chi connectivity index (χ0v) is 13.3. The summed E-state index contributed by atoms with van der Waals surface area (Å²) in [4.78, 5) is 0. The predicted octanol–water partition coefficient (Wildman–Crippen LogP) is 3.68. The second-order valence-electron chi connectivity index (χ2n) is 5.15. The van der Waals surface area contributed by atoms with E-state index in [1.54, 1.807) is 0 Å². The normalized spacial score (nSPS) is 12.7. The van der Waals surface area contributed by atoms with E-state index in [1.807, 2.05) is 20.9 Å². The molecule has 1 aromatic carbocycles. The highest BCUT2D eigenvalue weighted by atomic mass is 35.5. The van der Waals surface area contributed by atoms with E-state index in [0.29, 0.717) is 0 Å². The highest BCUT2D eigenvalue weighted by molar-refractivity contribution is 6.31. The van der Waals surface area contributed by atoms with Crippen molar-refractivity contribution in [3.63, 3.8) is 0 Å². The quantitative estimate of drug-likeness (QED) is 0.911. The Balaban J connectivity index is 2.26. The van der Waals surface area contributed by atoms with Crippen LogP contribution in [0.1, 0.15) is 35.5 Å². The Hall–Kier alpha value is -1.32. The molecular weight excluding hydrogens is 270 g/mol. The molecular formula is C16H22ClN3. The second-order valence-corrected chi connectivity index (χ2v) is 5.55. The van der Waals surface area contributed by atoms with Crippen LogP contribution < -0.4 is 5.32 Å². The number of benzene rings is 1. The van der Waals surface area contributed by atoms with Gasteiger partial charge in [0.15, 0.2) is 0 Å². The fraction of sp³-hybridized carbons (Fsp3) is 0.438. The van der Waals surface area contributed by atoms with Crippen molar-refractivity contribution in [2.24, 2.45) is 0 Å². The van der Waals surface area contributed by atoms with E-state index in [4.69, 9.17) is 11.6 Å². The number of hydrogen-bond acceptors (Lipinski definition) is 2. The third kappa shape index (κ3) is 3.22. The molecule has 0 aliphatic heterocycles. The number of nitrogens with zero attached hydrogens (tertiary/aromatic N) is 2. The third-order valence-electron chi connectivity index (χ3n) is 3.64. The predicted molar refractivity (Wildman–Crippen MR) is 84.3 cm³/mol. The SMILES string of the molecule is CCn1nc(C)cc1CC(NC)c1ccc(C)c(Cl)c1. The smallest absolute Gasteiger partial charge is 0.0596 e. The van der Waals surface area contributed by atoms with Crippen molar-refractivity contribution < 1.29 is 0 Å². The molecule has 3 nitrogen and oxygen atoms in total. The third-order valence-corrected chi connectivity index (χ3v) is 4.05. The summed E-state index contributed by atoms with van der Waals surface area (Å²) in [5.41, 5.74) is 4.64. The van der Waals surface area contributed by atoms with Gasteiger partial charge in [-0.1, -0.05) is 23.7 Å². The van der Waals surface area contributed by atoms with Crippen LogP contribution in [0.25, 0.3) is 0 Å². The lowest BCUT2D eigenvalue weighted by Crippen LogP contribution is -2.20. The first-order valence-electron chi connectivity index (χ1n) is 7.01. The van der Waals surface area contributed by atoms with Gasteiger partial charge in [0.2, 0.25) is 0 Å². The van der Waals surface area contributed by atoms with Crippen LogP contribution in [0.5, 0.6) is 0 Å². The Labute approximate surface area is 126 Å². The number of aromatic nitrogens is 2. The maximum Gasteiger partial charge on any atom is 0.0596 e. The highest BCUT2D eigenvalue weighted by Crippen LogP contribution is 2.24. The molecule has 4 heteroatoms. The lowest BCUT2D eigenvalue weighted by Gasteiger charge is -2.18. The molecule has 2 aromatic rings. The van der Waals surface area contributed by atoms with Gasteiger partial charge in [0, 0.05) is 29.7 Å². The molecule has 0 radical (unpaired) electrons. The minimum Gasteiger partial charge on any atom is -0.313 e.